The molecule has 13 aromatic rings. The molecule has 3 aromatic heterocycles. The van der Waals surface area contributed by atoms with Gasteiger partial charge in [0.1, 0.15) is 11.2 Å². The van der Waals surface area contributed by atoms with Gasteiger partial charge < -0.3 is 8.98 Å². The van der Waals surface area contributed by atoms with Crippen molar-refractivity contribution in [3.05, 3.63) is 242 Å². The molecule has 0 N–H and O–H groups in total. The molecule has 370 valence electrons. The van der Waals surface area contributed by atoms with Crippen molar-refractivity contribution in [3.63, 3.8) is 0 Å². The van der Waals surface area contributed by atoms with Crippen LogP contribution >= 0.6 is 0 Å². The Balaban J connectivity index is 0.899. The third kappa shape index (κ3) is 7.32. The highest BCUT2D eigenvalue weighted by atomic mass is 16.3. The number of furan rings is 1. The first-order valence-electron chi connectivity index (χ1n) is 26.7. The van der Waals surface area contributed by atoms with Gasteiger partial charge in [0.05, 0.1) is 16.7 Å². The molecule has 0 amide bonds. The van der Waals surface area contributed by atoms with E-state index in [1.807, 2.05) is 30.3 Å². The van der Waals surface area contributed by atoms with E-state index in [1.54, 1.807) is 0 Å². The molecule has 0 fully saturated rings. The van der Waals surface area contributed by atoms with Crippen LogP contribution in [0.1, 0.15) is 52.7 Å². The van der Waals surface area contributed by atoms with Crippen LogP contribution < -0.4 is 0 Å². The normalized spacial score (nSPS) is 14.4. The summed E-state index contributed by atoms with van der Waals surface area (Å²) in [5.41, 5.74) is 19.8. The molecule has 1 aliphatic rings. The van der Waals surface area contributed by atoms with Crippen LogP contribution in [-0.4, -0.2) is 19.5 Å². The van der Waals surface area contributed by atoms with Gasteiger partial charge >= 0.3 is 0 Å². The van der Waals surface area contributed by atoms with Gasteiger partial charge in [0.2, 0.25) is 0 Å². The van der Waals surface area contributed by atoms with Gasteiger partial charge in [-0.1, -0.05) is 205 Å². The Labute approximate surface area is 449 Å². The largest absolute Gasteiger partial charge is 0.456 e. The van der Waals surface area contributed by atoms with Crippen LogP contribution in [0.25, 0.3) is 128 Å². The summed E-state index contributed by atoms with van der Waals surface area (Å²) in [7, 11) is 0. The van der Waals surface area contributed by atoms with E-state index in [0.717, 1.165) is 72.0 Å². The van der Waals surface area contributed by atoms with Crippen LogP contribution in [0.5, 0.6) is 0 Å². The number of aromatic nitrogens is 4. The van der Waals surface area contributed by atoms with Crippen LogP contribution in [-0.2, 0) is 10.8 Å². The monoisotopic (exact) mass is 992 g/mol. The topological polar surface area (TPSA) is 56.7 Å². The number of rotatable bonds is 8. The van der Waals surface area contributed by atoms with Crippen LogP contribution in [0, 0.1) is 5.41 Å². The Bertz CT molecular complexity index is 4410. The molecule has 0 aliphatic heterocycles. The van der Waals surface area contributed by atoms with Crippen LogP contribution in [0.15, 0.2) is 235 Å². The van der Waals surface area contributed by atoms with Gasteiger partial charge in [-0.3, -0.25) is 0 Å². The minimum absolute atomic E-state index is 0.00352. The minimum atomic E-state index is -0.0669. The van der Waals surface area contributed by atoms with Crippen LogP contribution in [0.4, 0.5) is 0 Å². The average Bonchev–Trinajstić information content (AvgIpc) is 4.22. The molecule has 0 saturated heterocycles. The summed E-state index contributed by atoms with van der Waals surface area (Å²) in [6.07, 6.45) is 0. The Hall–Kier alpha value is -9.19. The molecule has 77 heavy (non-hydrogen) atoms. The lowest BCUT2D eigenvalue weighted by Gasteiger charge is -2.44. The van der Waals surface area contributed by atoms with E-state index in [1.165, 1.54) is 49.7 Å². The molecular weight excluding hydrogens is 937 g/mol. The molecule has 14 rings (SSSR count). The predicted molar refractivity (Wildman–Crippen MR) is 319 cm³/mol. The average molecular weight is 993 g/mol. The SMILES string of the molecule is CC1(C)c2cccc(-n3c4ccccc4c4cc(-c5ccc6oc7cccc(-c8nc(-c9ccccc9)nc(-c9cccc(-c%10cc(-c%11ccccc%11)cc(-c%11ccccc%11)c%10)c9)n8)c7c6c5)ccc43)c2C(C)(C)C1(C)C. The molecule has 0 atom stereocenters. The van der Waals surface area contributed by atoms with Crippen molar-refractivity contribution in [1.29, 1.82) is 0 Å². The van der Waals surface area contributed by atoms with Crippen molar-refractivity contribution < 1.29 is 4.42 Å². The second kappa shape index (κ2) is 17.4. The van der Waals surface area contributed by atoms with Crippen molar-refractivity contribution in [3.8, 4) is 84.4 Å². The molecular formula is C72H56N4O. The number of hydrogen-bond acceptors (Lipinski definition) is 4. The minimum Gasteiger partial charge on any atom is -0.456 e. The first kappa shape index (κ1) is 46.3. The summed E-state index contributed by atoms with van der Waals surface area (Å²) in [6.45, 7) is 14.6. The van der Waals surface area contributed by atoms with Gasteiger partial charge in [0, 0.05) is 38.2 Å². The lowest BCUT2D eigenvalue weighted by Crippen LogP contribution is -2.42. The molecule has 3 heterocycles. The quantitative estimate of drug-likeness (QED) is 0.152. The summed E-state index contributed by atoms with van der Waals surface area (Å²) >= 11 is 0. The Morgan fingerprint density at radius 2 is 0.844 bits per heavy atom. The highest BCUT2D eigenvalue weighted by Gasteiger charge is 2.57. The van der Waals surface area contributed by atoms with Gasteiger partial charge in [0.15, 0.2) is 17.5 Å². The fourth-order valence-electron chi connectivity index (χ4n) is 12.5. The highest BCUT2D eigenvalue weighted by molar-refractivity contribution is 6.14. The van der Waals surface area contributed by atoms with E-state index in [-0.39, 0.29) is 16.2 Å². The van der Waals surface area contributed by atoms with Crippen molar-refractivity contribution >= 4 is 43.7 Å². The number of para-hydroxylation sites is 1. The number of hydrogen-bond donors (Lipinski definition) is 0. The maximum Gasteiger partial charge on any atom is 0.164 e. The highest BCUT2D eigenvalue weighted by Crippen LogP contribution is 2.63. The summed E-state index contributed by atoms with van der Waals surface area (Å²) in [4.78, 5) is 15.8. The molecule has 10 aromatic carbocycles. The van der Waals surface area contributed by atoms with Gasteiger partial charge in [-0.2, -0.15) is 0 Å². The standard InChI is InChI=1S/C72H56N4O/c1-70(2)59-31-20-33-62(66(59)71(3,4)72(70,5)6)76-60-32-17-16-29-55(60)57-43-49(35-37-61(57)76)50-36-38-63-58(44-50)65-56(30-19-34-64(65)77-63)69-74-67(47-25-14-9-15-26-47)73-68(75-69)51-28-18-27-48(39-51)54-41-52(45-21-10-7-11-22-45)40-53(42-54)46-23-12-8-13-24-46/h7-44H,1-6H3. The maximum absolute atomic E-state index is 6.67. The second-order valence-corrected chi connectivity index (χ2v) is 22.4. The molecule has 5 nitrogen and oxygen atoms in total. The summed E-state index contributed by atoms with van der Waals surface area (Å²) in [6, 6.07) is 82.3. The van der Waals surface area contributed by atoms with Crippen molar-refractivity contribution in [2.75, 3.05) is 0 Å². The van der Waals surface area contributed by atoms with Gasteiger partial charge in [-0.15, -0.1) is 0 Å². The smallest absolute Gasteiger partial charge is 0.164 e. The zero-order valence-electron chi connectivity index (χ0n) is 44.1. The zero-order valence-corrected chi connectivity index (χ0v) is 44.1. The van der Waals surface area contributed by atoms with E-state index in [4.69, 9.17) is 19.4 Å². The Kier molecular flexibility index (Phi) is 10.5. The molecule has 0 unspecified atom stereocenters. The second-order valence-electron chi connectivity index (χ2n) is 22.4. The van der Waals surface area contributed by atoms with E-state index >= 15 is 0 Å². The fraction of sp³-hybridized carbons (Fsp3) is 0.125. The van der Waals surface area contributed by atoms with E-state index in [0.29, 0.717) is 17.5 Å². The van der Waals surface area contributed by atoms with Gasteiger partial charge in [-0.05, 0) is 139 Å². The lowest BCUT2D eigenvalue weighted by atomic mass is 9.59. The summed E-state index contributed by atoms with van der Waals surface area (Å²) < 4.78 is 9.18. The fourth-order valence-corrected chi connectivity index (χ4v) is 12.5. The number of fused-ring (bicyclic) bond motifs is 7. The van der Waals surface area contributed by atoms with Gasteiger partial charge in [0.25, 0.3) is 0 Å². The molecule has 0 bridgehead atoms. The molecule has 0 spiro atoms. The Morgan fingerprint density at radius 3 is 1.55 bits per heavy atom. The van der Waals surface area contributed by atoms with Crippen LogP contribution in [0.3, 0.4) is 0 Å². The number of nitrogens with zero attached hydrogens (tertiary/aromatic N) is 4. The summed E-state index contributed by atoms with van der Waals surface area (Å²) in [5, 5.41) is 4.42. The lowest BCUT2D eigenvalue weighted by molar-refractivity contribution is 0.125. The molecule has 0 saturated carbocycles. The predicted octanol–water partition coefficient (Wildman–Crippen LogP) is 19.1. The first-order chi connectivity index (χ1) is 37.4. The zero-order chi connectivity index (χ0) is 52.2. The molecule has 5 heteroatoms. The first-order valence-corrected chi connectivity index (χ1v) is 26.7. The number of benzene rings is 10. The van der Waals surface area contributed by atoms with E-state index in [9.17, 15) is 0 Å². The van der Waals surface area contributed by atoms with Crippen molar-refractivity contribution in [2.45, 2.75) is 52.4 Å². The third-order valence-electron chi connectivity index (χ3n) is 17.7. The van der Waals surface area contributed by atoms with E-state index in [2.05, 4.69) is 246 Å². The van der Waals surface area contributed by atoms with Crippen LogP contribution in [0.2, 0.25) is 0 Å². The maximum atomic E-state index is 6.67. The van der Waals surface area contributed by atoms with E-state index < -0.39 is 0 Å². The Morgan fingerprint density at radius 1 is 0.338 bits per heavy atom. The van der Waals surface area contributed by atoms with Crippen molar-refractivity contribution in [1.82, 2.24) is 19.5 Å². The van der Waals surface area contributed by atoms with Crippen molar-refractivity contribution in [2.24, 2.45) is 5.41 Å². The summed E-state index contributed by atoms with van der Waals surface area (Å²) in [5.74, 6) is 1.77. The molecule has 0 radical (unpaired) electrons. The molecule has 1 aliphatic carbocycles. The third-order valence-corrected chi connectivity index (χ3v) is 17.7. The van der Waals surface area contributed by atoms with Gasteiger partial charge in [-0.25, -0.2) is 15.0 Å².